The van der Waals surface area contributed by atoms with Crippen LogP contribution in [-0.2, 0) is 6.42 Å². The molecule has 1 fully saturated rings. The molecule has 1 amide bonds. The van der Waals surface area contributed by atoms with Gasteiger partial charge in [0.1, 0.15) is 5.75 Å². The number of carbonyl (C=O) groups is 1. The van der Waals surface area contributed by atoms with Crippen LogP contribution in [0.1, 0.15) is 68.8 Å². The summed E-state index contributed by atoms with van der Waals surface area (Å²) < 4.78 is 5.58. The van der Waals surface area contributed by atoms with Crippen molar-refractivity contribution in [3.8, 4) is 5.75 Å². The highest BCUT2D eigenvalue weighted by molar-refractivity contribution is 5.94. The number of benzene rings is 1. The molecule has 0 saturated carbocycles. The van der Waals surface area contributed by atoms with E-state index >= 15 is 0 Å². The number of hydrogen-bond donors (Lipinski definition) is 0. The quantitative estimate of drug-likeness (QED) is 0.514. The van der Waals surface area contributed by atoms with Crippen molar-refractivity contribution in [1.29, 1.82) is 0 Å². The van der Waals surface area contributed by atoms with E-state index in [-0.39, 0.29) is 5.91 Å². The number of likely N-dealkylation sites (tertiary alicyclic amines) is 1. The van der Waals surface area contributed by atoms with Crippen LogP contribution >= 0.6 is 0 Å². The van der Waals surface area contributed by atoms with E-state index in [2.05, 4.69) is 39.5 Å². The first-order valence-electron chi connectivity index (χ1n) is 11.3. The summed E-state index contributed by atoms with van der Waals surface area (Å²) in [5.74, 6) is 1.52. The van der Waals surface area contributed by atoms with E-state index in [1.807, 2.05) is 29.2 Å². The molecule has 0 atom stereocenters. The lowest BCUT2D eigenvalue weighted by molar-refractivity contribution is 0.0545. The summed E-state index contributed by atoms with van der Waals surface area (Å²) in [4.78, 5) is 15.2. The van der Waals surface area contributed by atoms with Gasteiger partial charge in [0.25, 0.3) is 5.91 Å². The van der Waals surface area contributed by atoms with Crippen LogP contribution < -0.4 is 4.74 Å². The number of allylic oxidation sites excluding steroid dienone is 5. The zero-order chi connectivity index (χ0) is 21.7. The van der Waals surface area contributed by atoms with E-state index < -0.39 is 0 Å². The van der Waals surface area contributed by atoms with Gasteiger partial charge in [-0.2, -0.15) is 0 Å². The summed E-state index contributed by atoms with van der Waals surface area (Å²) in [6.07, 6.45) is 12.8. The number of ether oxygens (including phenoxy) is 1. The molecule has 1 aliphatic carbocycles. The predicted molar refractivity (Wildman–Crippen MR) is 125 cm³/mol. The maximum atomic E-state index is 13.1. The molecule has 162 valence electrons. The van der Waals surface area contributed by atoms with Gasteiger partial charge in [-0.25, -0.2) is 0 Å². The second kappa shape index (κ2) is 9.68. The molecule has 1 aromatic carbocycles. The third-order valence-corrected chi connectivity index (χ3v) is 6.82. The summed E-state index contributed by atoms with van der Waals surface area (Å²) in [6, 6.07) is 5.96. The van der Waals surface area contributed by atoms with Gasteiger partial charge in [0.2, 0.25) is 0 Å². The number of hydrogen-bond acceptors (Lipinski definition) is 2. The Bertz CT molecular complexity index is 838. The molecule has 3 rings (SSSR count). The third-order valence-electron chi connectivity index (χ3n) is 6.82. The van der Waals surface area contributed by atoms with Crippen LogP contribution in [0.15, 0.2) is 54.2 Å². The SMILES string of the molecule is C=C/C=C\C1=C(C)CC2(CC1)CCN(C(=O)c1ccc(CC(C)C)c(OC)c1)CC2. The lowest BCUT2D eigenvalue weighted by Gasteiger charge is -2.45. The molecule has 30 heavy (non-hydrogen) atoms. The smallest absolute Gasteiger partial charge is 0.253 e. The number of nitrogens with zero attached hydrogens (tertiary/aromatic N) is 1. The molecule has 0 radical (unpaired) electrons. The highest BCUT2D eigenvalue weighted by atomic mass is 16.5. The molecule has 1 aromatic rings. The van der Waals surface area contributed by atoms with Crippen LogP contribution in [0.5, 0.6) is 5.75 Å². The monoisotopic (exact) mass is 407 g/mol. The zero-order valence-corrected chi connectivity index (χ0v) is 19.2. The average molecular weight is 408 g/mol. The van der Waals surface area contributed by atoms with Crippen LogP contribution in [0.2, 0.25) is 0 Å². The molecule has 3 nitrogen and oxygen atoms in total. The first kappa shape index (κ1) is 22.4. The Labute approximate surface area is 182 Å². The lowest BCUT2D eigenvalue weighted by Crippen LogP contribution is -2.44. The summed E-state index contributed by atoms with van der Waals surface area (Å²) >= 11 is 0. The van der Waals surface area contributed by atoms with Gasteiger partial charge in [0.05, 0.1) is 7.11 Å². The Morgan fingerprint density at radius 3 is 2.60 bits per heavy atom. The Balaban J connectivity index is 1.65. The van der Waals surface area contributed by atoms with Crippen molar-refractivity contribution in [2.24, 2.45) is 11.3 Å². The van der Waals surface area contributed by atoms with Gasteiger partial charge in [0, 0.05) is 18.7 Å². The number of carbonyl (C=O) groups excluding carboxylic acids is 1. The third kappa shape index (κ3) is 5.06. The standard InChI is InChI=1S/C27H37NO2/c1-6-7-8-22-11-12-27(19-21(22)4)13-15-28(16-14-27)26(29)24-10-9-23(17-20(2)3)25(18-24)30-5/h6-10,18,20H,1,11-17,19H2,2-5H3/b8-7-. The van der Waals surface area contributed by atoms with E-state index in [4.69, 9.17) is 4.74 Å². The Hall–Kier alpha value is -2.29. The summed E-state index contributed by atoms with van der Waals surface area (Å²) in [5.41, 5.74) is 5.25. The van der Waals surface area contributed by atoms with Crippen molar-refractivity contribution in [3.05, 3.63) is 65.3 Å². The minimum atomic E-state index is 0.136. The van der Waals surface area contributed by atoms with Gasteiger partial charge in [0.15, 0.2) is 0 Å². The van der Waals surface area contributed by atoms with E-state index in [9.17, 15) is 4.79 Å². The van der Waals surface area contributed by atoms with Crippen LogP contribution in [0, 0.1) is 11.3 Å². The van der Waals surface area contributed by atoms with Gasteiger partial charge in [-0.05, 0) is 80.1 Å². The second-order valence-electron chi connectivity index (χ2n) is 9.49. The fourth-order valence-corrected chi connectivity index (χ4v) is 5.07. The largest absolute Gasteiger partial charge is 0.496 e. The van der Waals surface area contributed by atoms with Crippen LogP contribution in [0.25, 0.3) is 0 Å². The number of rotatable bonds is 6. The minimum Gasteiger partial charge on any atom is -0.496 e. The Morgan fingerprint density at radius 2 is 2.00 bits per heavy atom. The molecule has 0 aromatic heterocycles. The number of piperidine rings is 1. The fraction of sp³-hybridized carbons (Fsp3) is 0.519. The Kier molecular flexibility index (Phi) is 7.23. The highest BCUT2D eigenvalue weighted by Gasteiger charge is 2.38. The second-order valence-corrected chi connectivity index (χ2v) is 9.49. The van der Waals surface area contributed by atoms with Crippen molar-refractivity contribution in [3.63, 3.8) is 0 Å². The van der Waals surface area contributed by atoms with Gasteiger partial charge in [-0.15, -0.1) is 0 Å². The molecule has 3 heteroatoms. The molecule has 1 saturated heterocycles. The van der Waals surface area contributed by atoms with Crippen LogP contribution in [0.3, 0.4) is 0 Å². The van der Waals surface area contributed by atoms with Crippen LogP contribution in [0.4, 0.5) is 0 Å². The first-order valence-corrected chi connectivity index (χ1v) is 11.3. The van der Waals surface area contributed by atoms with Crippen LogP contribution in [-0.4, -0.2) is 31.0 Å². The summed E-state index contributed by atoms with van der Waals surface area (Å²) in [5, 5.41) is 0. The lowest BCUT2D eigenvalue weighted by atomic mass is 9.66. The molecule has 0 bridgehead atoms. The fourth-order valence-electron chi connectivity index (χ4n) is 5.07. The molecule has 1 aliphatic heterocycles. The molecular formula is C27H37NO2. The maximum absolute atomic E-state index is 13.1. The molecular weight excluding hydrogens is 370 g/mol. The zero-order valence-electron chi connectivity index (χ0n) is 19.2. The van der Waals surface area contributed by atoms with Crippen molar-refractivity contribution in [2.45, 2.75) is 59.3 Å². The topological polar surface area (TPSA) is 29.5 Å². The average Bonchev–Trinajstić information content (AvgIpc) is 2.73. The minimum absolute atomic E-state index is 0.136. The number of amides is 1. The Morgan fingerprint density at radius 1 is 1.27 bits per heavy atom. The number of methoxy groups -OCH3 is 1. The highest BCUT2D eigenvalue weighted by Crippen LogP contribution is 2.47. The molecule has 0 unspecified atom stereocenters. The molecule has 2 aliphatic rings. The van der Waals surface area contributed by atoms with Crippen molar-refractivity contribution >= 4 is 5.91 Å². The molecule has 0 N–H and O–H groups in total. The maximum Gasteiger partial charge on any atom is 0.253 e. The van der Waals surface area contributed by atoms with E-state index in [1.165, 1.54) is 23.1 Å². The van der Waals surface area contributed by atoms with E-state index in [0.717, 1.165) is 56.5 Å². The first-order chi connectivity index (χ1) is 14.4. The van der Waals surface area contributed by atoms with Gasteiger partial charge in [-0.3, -0.25) is 4.79 Å². The van der Waals surface area contributed by atoms with Crippen molar-refractivity contribution in [2.75, 3.05) is 20.2 Å². The van der Waals surface area contributed by atoms with Crippen molar-refractivity contribution < 1.29 is 9.53 Å². The molecule has 1 heterocycles. The van der Waals surface area contributed by atoms with Gasteiger partial charge in [-0.1, -0.05) is 50.3 Å². The predicted octanol–water partition coefficient (Wildman–Crippen LogP) is 6.36. The summed E-state index contributed by atoms with van der Waals surface area (Å²) in [7, 11) is 1.69. The van der Waals surface area contributed by atoms with E-state index in [1.54, 1.807) is 7.11 Å². The van der Waals surface area contributed by atoms with Crippen molar-refractivity contribution in [1.82, 2.24) is 4.90 Å². The van der Waals surface area contributed by atoms with Gasteiger partial charge < -0.3 is 9.64 Å². The van der Waals surface area contributed by atoms with Gasteiger partial charge >= 0.3 is 0 Å². The van der Waals surface area contributed by atoms with E-state index in [0.29, 0.717) is 11.3 Å². The summed E-state index contributed by atoms with van der Waals surface area (Å²) in [6.45, 7) is 12.1. The molecule has 1 spiro atoms. The normalized spacial score (nSPS) is 19.0.